The first-order valence-corrected chi connectivity index (χ1v) is 25.8. The summed E-state index contributed by atoms with van der Waals surface area (Å²) >= 11 is 0. The molecule has 0 unspecified atom stereocenters. The smallest absolute Gasteiger partial charge is 0.180 e. The van der Waals surface area contributed by atoms with Gasteiger partial charge in [0.15, 0.2) is 8.07 Å². The quantitative estimate of drug-likeness (QED) is 0.146. The molecule has 14 rings (SSSR count). The van der Waals surface area contributed by atoms with E-state index in [0.29, 0.717) is 0 Å². The predicted octanol–water partition coefficient (Wildman–Crippen LogP) is 14.7. The maximum atomic E-state index is 6.83. The van der Waals surface area contributed by atoms with Crippen LogP contribution in [0, 0.1) is 0 Å². The first kappa shape index (κ1) is 39.4. The van der Waals surface area contributed by atoms with Crippen LogP contribution in [0.5, 0.6) is 0 Å². The van der Waals surface area contributed by atoms with Crippen LogP contribution in [0.4, 0.5) is 0 Å². The molecule has 322 valence electrons. The fourth-order valence-electron chi connectivity index (χ4n) is 11.7. The van der Waals surface area contributed by atoms with Crippen LogP contribution >= 0.6 is 0 Å². The molecule has 2 aromatic heterocycles. The standard InChI is InChI=1S/C66H43NOSi/c1-3-17-44(18-4-1)46-19-13-20-47(41-46)48-21-14-22-49(42-48)53-28-16-32-62-65(53)58-30-15-29-54(66(58)68-62)45-35-37-50(38-36-45)67-60-31-10-7-25-55(60)59-43-52(39-40-61(59)67)69(51-23-5-2-6-24-51)63-33-11-8-26-56(63)57-27-9-12-34-64(57)69/h1-43H. The van der Waals surface area contributed by atoms with Gasteiger partial charge in [-0.25, -0.2) is 0 Å². The van der Waals surface area contributed by atoms with Crippen molar-refractivity contribution in [1.82, 2.24) is 4.57 Å². The van der Waals surface area contributed by atoms with Gasteiger partial charge in [0.25, 0.3) is 0 Å². The third-order valence-electron chi connectivity index (χ3n) is 14.7. The minimum absolute atomic E-state index is 0.884. The van der Waals surface area contributed by atoms with E-state index in [1.165, 1.54) is 75.9 Å². The topological polar surface area (TPSA) is 18.1 Å². The zero-order valence-electron chi connectivity index (χ0n) is 37.7. The Kier molecular flexibility index (Phi) is 8.95. The molecule has 0 radical (unpaired) electrons. The molecule has 0 saturated heterocycles. The van der Waals surface area contributed by atoms with Crippen molar-refractivity contribution in [2.45, 2.75) is 0 Å². The third-order valence-corrected chi connectivity index (χ3v) is 19.6. The Labute approximate surface area is 401 Å². The molecule has 0 bridgehead atoms. The third kappa shape index (κ3) is 6.04. The van der Waals surface area contributed by atoms with Crippen LogP contribution in [-0.4, -0.2) is 12.6 Å². The molecule has 0 fully saturated rings. The molecular formula is C66H43NOSi. The van der Waals surface area contributed by atoms with Crippen molar-refractivity contribution in [1.29, 1.82) is 0 Å². The van der Waals surface area contributed by atoms with Gasteiger partial charge in [-0.2, -0.15) is 0 Å². The molecule has 3 heteroatoms. The number of fused-ring (bicyclic) bond motifs is 9. The maximum Gasteiger partial charge on any atom is 0.180 e. The summed E-state index contributed by atoms with van der Waals surface area (Å²) in [5.41, 5.74) is 17.3. The van der Waals surface area contributed by atoms with Gasteiger partial charge in [-0.1, -0.05) is 218 Å². The van der Waals surface area contributed by atoms with Crippen LogP contribution in [-0.2, 0) is 0 Å². The number of hydrogen-bond donors (Lipinski definition) is 0. The second kappa shape index (κ2) is 15.7. The highest BCUT2D eigenvalue weighted by molar-refractivity contribution is 7.22. The van der Waals surface area contributed by atoms with Crippen molar-refractivity contribution in [2.75, 3.05) is 0 Å². The molecule has 13 aromatic rings. The average Bonchev–Trinajstić information content (AvgIpc) is 4.08. The summed E-state index contributed by atoms with van der Waals surface area (Å²) in [6.45, 7) is 0. The summed E-state index contributed by atoms with van der Waals surface area (Å²) in [6, 6.07) is 96.1. The summed E-state index contributed by atoms with van der Waals surface area (Å²) in [7, 11) is -2.65. The molecule has 11 aromatic carbocycles. The van der Waals surface area contributed by atoms with E-state index in [4.69, 9.17) is 4.42 Å². The number of benzene rings is 11. The molecule has 3 heterocycles. The predicted molar refractivity (Wildman–Crippen MR) is 292 cm³/mol. The number of rotatable bonds is 7. The zero-order chi connectivity index (χ0) is 45.5. The lowest BCUT2D eigenvalue weighted by atomic mass is 9.94. The fraction of sp³-hybridized carbons (Fsp3) is 0. The van der Waals surface area contributed by atoms with Crippen molar-refractivity contribution in [3.05, 3.63) is 261 Å². The SMILES string of the molecule is c1ccc(-c2cccc(-c3cccc(-c4cccc5oc6c(-c7ccc(-n8c9ccccc9c9cc([Si]%10(c%11ccccc%11)c%11ccccc%11-c%11ccccc%11%10)ccc98)cc7)cccc6c45)c3)c2)cc1. The van der Waals surface area contributed by atoms with Gasteiger partial charge in [-0.3, -0.25) is 0 Å². The highest BCUT2D eigenvalue weighted by Gasteiger charge is 2.48. The number of furan rings is 1. The Hall–Kier alpha value is -8.76. The Balaban J connectivity index is 0.861. The number of hydrogen-bond acceptors (Lipinski definition) is 1. The van der Waals surface area contributed by atoms with Crippen LogP contribution in [0.15, 0.2) is 265 Å². The van der Waals surface area contributed by atoms with Crippen LogP contribution in [0.2, 0.25) is 0 Å². The first-order chi connectivity index (χ1) is 34.2. The molecule has 2 nitrogen and oxygen atoms in total. The minimum atomic E-state index is -2.65. The lowest BCUT2D eigenvalue weighted by Crippen LogP contribution is -2.72. The molecule has 0 amide bonds. The fourth-order valence-corrected chi connectivity index (χ4v) is 16.9. The lowest BCUT2D eigenvalue weighted by Gasteiger charge is -2.31. The van der Waals surface area contributed by atoms with E-state index in [0.717, 1.165) is 49.9 Å². The van der Waals surface area contributed by atoms with Crippen molar-refractivity contribution in [3.8, 4) is 61.3 Å². The van der Waals surface area contributed by atoms with Crippen LogP contribution < -0.4 is 20.7 Å². The van der Waals surface area contributed by atoms with Gasteiger partial charge in [0.05, 0.1) is 11.0 Å². The maximum absolute atomic E-state index is 6.83. The Morgan fingerprint density at radius 1 is 0.304 bits per heavy atom. The Bertz CT molecular complexity index is 4080. The summed E-state index contributed by atoms with van der Waals surface area (Å²) in [5.74, 6) is 0. The van der Waals surface area contributed by atoms with Gasteiger partial charge in [0.1, 0.15) is 11.2 Å². The lowest BCUT2D eigenvalue weighted by molar-refractivity contribution is 0.670. The summed E-state index contributed by atoms with van der Waals surface area (Å²) in [6.07, 6.45) is 0. The summed E-state index contributed by atoms with van der Waals surface area (Å²) < 4.78 is 9.27. The van der Waals surface area contributed by atoms with E-state index in [1.54, 1.807) is 0 Å². The Morgan fingerprint density at radius 3 is 1.59 bits per heavy atom. The largest absolute Gasteiger partial charge is 0.455 e. The van der Waals surface area contributed by atoms with Crippen LogP contribution in [0.3, 0.4) is 0 Å². The van der Waals surface area contributed by atoms with Crippen LogP contribution in [0.1, 0.15) is 0 Å². The van der Waals surface area contributed by atoms with E-state index < -0.39 is 8.07 Å². The van der Waals surface area contributed by atoms with Gasteiger partial charge >= 0.3 is 0 Å². The molecule has 0 N–H and O–H groups in total. The van der Waals surface area contributed by atoms with Gasteiger partial charge < -0.3 is 8.98 Å². The molecule has 1 aliphatic rings. The van der Waals surface area contributed by atoms with Gasteiger partial charge in [-0.05, 0) is 113 Å². The highest BCUT2D eigenvalue weighted by Crippen LogP contribution is 2.42. The number of nitrogens with zero attached hydrogens (tertiary/aromatic N) is 1. The first-order valence-electron chi connectivity index (χ1n) is 23.8. The normalized spacial score (nSPS) is 12.8. The van der Waals surface area contributed by atoms with Gasteiger partial charge in [-0.15, -0.1) is 0 Å². The van der Waals surface area contributed by atoms with Crippen LogP contribution in [0.25, 0.3) is 105 Å². The van der Waals surface area contributed by atoms with Crippen molar-refractivity contribution in [3.63, 3.8) is 0 Å². The van der Waals surface area contributed by atoms with E-state index in [9.17, 15) is 0 Å². The molecule has 1 aliphatic heterocycles. The van der Waals surface area contributed by atoms with Crippen molar-refractivity contribution in [2.24, 2.45) is 0 Å². The minimum Gasteiger partial charge on any atom is -0.455 e. The second-order valence-corrected chi connectivity index (χ2v) is 22.1. The molecule has 0 spiro atoms. The molecular weight excluding hydrogens is 851 g/mol. The van der Waals surface area contributed by atoms with E-state index in [2.05, 4.69) is 265 Å². The number of para-hydroxylation sites is 2. The average molecular weight is 894 g/mol. The van der Waals surface area contributed by atoms with Crippen molar-refractivity contribution >= 4 is 72.6 Å². The molecule has 69 heavy (non-hydrogen) atoms. The Morgan fingerprint density at radius 2 is 0.841 bits per heavy atom. The molecule has 0 aliphatic carbocycles. The summed E-state index contributed by atoms with van der Waals surface area (Å²) in [5, 5.41) is 10.5. The number of aromatic nitrogens is 1. The second-order valence-electron chi connectivity index (χ2n) is 18.3. The summed E-state index contributed by atoms with van der Waals surface area (Å²) in [4.78, 5) is 0. The molecule has 0 saturated carbocycles. The van der Waals surface area contributed by atoms with E-state index in [1.807, 2.05) is 0 Å². The highest BCUT2D eigenvalue weighted by atomic mass is 28.3. The van der Waals surface area contributed by atoms with Gasteiger partial charge in [0.2, 0.25) is 0 Å². The monoisotopic (exact) mass is 893 g/mol. The van der Waals surface area contributed by atoms with Crippen molar-refractivity contribution < 1.29 is 4.42 Å². The van der Waals surface area contributed by atoms with E-state index >= 15 is 0 Å². The van der Waals surface area contributed by atoms with E-state index in [-0.39, 0.29) is 0 Å². The zero-order valence-corrected chi connectivity index (χ0v) is 38.7. The van der Waals surface area contributed by atoms with Gasteiger partial charge in [0, 0.05) is 32.8 Å². The molecule has 0 atom stereocenters.